The Hall–Kier alpha value is -3.87. The summed E-state index contributed by atoms with van der Waals surface area (Å²) in [6, 6.07) is 10.5. The number of nitrogens with zero attached hydrogens (tertiary/aromatic N) is 3. The highest BCUT2D eigenvalue weighted by Crippen LogP contribution is 2.28. The van der Waals surface area contributed by atoms with Crippen LogP contribution in [0.5, 0.6) is 0 Å². The van der Waals surface area contributed by atoms with Gasteiger partial charge in [-0.3, -0.25) is 25.0 Å². The van der Waals surface area contributed by atoms with Gasteiger partial charge in [0.2, 0.25) is 5.13 Å². The Morgan fingerprint density at radius 1 is 1.03 bits per heavy atom. The molecular weight excluding hydrogens is 427 g/mol. The highest BCUT2D eigenvalue weighted by molar-refractivity contribution is 7.18. The van der Waals surface area contributed by atoms with E-state index in [1.54, 1.807) is 5.32 Å². The summed E-state index contributed by atoms with van der Waals surface area (Å²) in [5.41, 5.74) is 0.251. The minimum absolute atomic E-state index is 0.0120. The van der Waals surface area contributed by atoms with Crippen molar-refractivity contribution in [3.8, 4) is 10.6 Å². The molecule has 2 aromatic carbocycles. The second-order valence-electron chi connectivity index (χ2n) is 5.70. The summed E-state index contributed by atoms with van der Waals surface area (Å²) >= 11 is 0.999. The predicted molar refractivity (Wildman–Crippen MR) is 101 cm³/mol. The van der Waals surface area contributed by atoms with Crippen LogP contribution in [-0.2, 0) is 4.79 Å². The number of carbonyl (C=O) groups excluding carboxylic acids is 2. The molecule has 3 rings (SSSR count). The Balaban J connectivity index is 1.70. The van der Waals surface area contributed by atoms with Gasteiger partial charge in [-0.05, 0) is 30.3 Å². The monoisotopic (exact) mass is 437 g/mol. The molecule has 0 saturated heterocycles. The third-order valence-corrected chi connectivity index (χ3v) is 4.50. The number of anilines is 2. The van der Waals surface area contributed by atoms with Gasteiger partial charge in [-0.2, -0.15) is 13.2 Å². The van der Waals surface area contributed by atoms with E-state index in [-0.39, 0.29) is 22.1 Å². The molecule has 30 heavy (non-hydrogen) atoms. The molecule has 0 saturated carbocycles. The maximum Gasteiger partial charge on any atom is 0.471 e. The number of amides is 2. The Kier molecular flexibility index (Phi) is 5.73. The SMILES string of the molecule is O=C(Nc1nnc(-c2ccc([N+](=O)[O-])cc2)s1)c1cccc(NC(=O)C(F)(F)F)c1. The molecule has 0 spiro atoms. The van der Waals surface area contributed by atoms with Crippen LogP contribution in [0.15, 0.2) is 48.5 Å². The van der Waals surface area contributed by atoms with Crippen LogP contribution in [0.1, 0.15) is 10.4 Å². The van der Waals surface area contributed by atoms with Crippen molar-refractivity contribution in [2.45, 2.75) is 6.18 Å². The Morgan fingerprint density at radius 3 is 2.37 bits per heavy atom. The molecule has 0 aliphatic heterocycles. The largest absolute Gasteiger partial charge is 0.471 e. The molecule has 2 N–H and O–H groups in total. The van der Waals surface area contributed by atoms with E-state index in [4.69, 9.17) is 0 Å². The van der Waals surface area contributed by atoms with E-state index in [0.717, 1.165) is 17.4 Å². The molecule has 0 aliphatic carbocycles. The lowest BCUT2D eigenvalue weighted by Crippen LogP contribution is -2.30. The summed E-state index contributed by atoms with van der Waals surface area (Å²) in [7, 11) is 0. The van der Waals surface area contributed by atoms with Crippen molar-refractivity contribution < 1.29 is 27.7 Å². The van der Waals surface area contributed by atoms with Gasteiger partial charge in [0.05, 0.1) is 4.92 Å². The summed E-state index contributed by atoms with van der Waals surface area (Å²) in [4.78, 5) is 33.5. The third kappa shape index (κ3) is 4.94. The van der Waals surface area contributed by atoms with Crippen molar-refractivity contribution in [2.75, 3.05) is 10.6 Å². The van der Waals surface area contributed by atoms with Gasteiger partial charge in [0.15, 0.2) is 0 Å². The third-order valence-electron chi connectivity index (χ3n) is 3.61. The number of nitrogens with one attached hydrogen (secondary N) is 2. The lowest BCUT2D eigenvalue weighted by molar-refractivity contribution is -0.384. The van der Waals surface area contributed by atoms with Crippen molar-refractivity contribution in [3.63, 3.8) is 0 Å². The quantitative estimate of drug-likeness (QED) is 0.461. The van der Waals surface area contributed by atoms with Gasteiger partial charge >= 0.3 is 12.1 Å². The minimum Gasteiger partial charge on any atom is -0.318 e. The molecule has 1 heterocycles. The Labute approximate surface area is 169 Å². The minimum atomic E-state index is -5.06. The van der Waals surface area contributed by atoms with Gasteiger partial charge in [-0.15, -0.1) is 10.2 Å². The van der Waals surface area contributed by atoms with Crippen molar-refractivity contribution in [3.05, 3.63) is 64.2 Å². The number of alkyl halides is 3. The average molecular weight is 437 g/mol. The Bertz CT molecular complexity index is 1120. The topological polar surface area (TPSA) is 127 Å². The van der Waals surface area contributed by atoms with Crippen LogP contribution in [-0.4, -0.2) is 33.1 Å². The number of carbonyl (C=O) groups is 2. The number of halogens is 3. The van der Waals surface area contributed by atoms with Gasteiger partial charge in [0, 0.05) is 28.9 Å². The fourth-order valence-electron chi connectivity index (χ4n) is 2.23. The van der Waals surface area contributed by atoms with E-state index in [0.29, 0.717) is 10.6 Å². The zero-order chi connectivity index (χ0) is 21.9. The van der Waals surface area contributed by atoms with Crippen LogP contribution in [0.2, 0.25) is 0 Å². The molecule has 0 fully saturated rings. The van der Waals surface area contributed by atoms with E-state index in [9.17, 15) is 32.9 Å². The number of nitro benzene ring substituents is 1. The summed E-state index contributed by atoms with van der Waals surface area (Å²) < 4.78 is 37.0. The van der Waals surface area contributed by atoms with E-state index in [1.165, 1.54) is 42.5 Å². The van der Waals surface area contributed by atoms with Crippen LogP contribution in [0.4, 0.5) is 29.7 Å². The second kappa shape index (κ2) is 8.24. The van der Waals surface area contributed by atoms with E-state index in [2.05, 4.69) is 15.5 Å². The van der Waals surface area contributed by atoms with Crippen molar-refractivity contribution >= 4 is 39.7 Å². The number of benzene rings is 2. The smallest absolute Gasteiger partial charge is 0.318 e. The first kappa shape index (κ1) is 20.9. The summed E-state index contributed by atoms with van der Waals surface area (Å²) in [5, 5.41) is 23.0. The zero-order valence-corrected chi connectivity index (χ0v) is 15.5. The standard InChI is InChI=1S/C17H10F3N5O4S/c18-17(19,20)15(27)21-11-3-1-2-10(8-11)13(26)22-16-24-23-14(30-16)9-4-6-12(7-5-9)25(28)29/h1-8H,(H,21,27)(H,22,24,26). The van der Waals surface area contributed by atoms with Crippen molar-refractivity contribution in [1.29, 1.82) is 0 Å². The molecule has 0 radical (unpaired) electrons. The molecule has 2 amide bonds. The molecule has 0 unspecified atom stereocenters. The van der Waals surface area contributed by atoms with E-state index in [1.807, 2.05) is 0 Å². The lowest BCUT2D eigenvalue weighted by atomic mass is 10.2. The molecule has 154 valence electrons. The molecular formula is C17H10F3N5O4S. The van der Waals surface area contributed by atoms with Gasteiger partial charge in [-0.1, -0.05) is 17.4 Å². The summed E-state index contributed by atoms with van der Waals surface area (Å²) in [6.07, 6.45) is -5.06. The van der Waals surface area contributed by atoms with Crippen LogP contribution in [0, 0.1) is 10.1 Å². The normalized spacial score (nSPS) is 11.0. The van der Waals surface area contributed by atoms with Crippen LogP contribution >= 0.6 is 11.3 Å². The maximum atomic E-state index is 12.3. The number of aromatic nitrogens is 2. The van der Waals surface area contributed by atoms with E-state index < -0.39 is 22.9 Å². The molecule has 9 nitrogen and oxygen atoms in total. The van der Waals surface area contributed by atoms with Gasteiger partial charge in [-0.25, -0.2) is 0 Å². The fraction of sp³-hybridized carbons (Fsp3) is 0.0588. The van der Waals surface area contributed by atoms with E-state index >= 15 is 0 Å². The number of hydrogen-bond donors (Lipinski definition) is 2. The molecule has 1 aromatic heterocycles. The summed E-state index contributed by atoms with van der Waals surface area (Å²) in [6.45, 7) is 0. The molecule has 13 heteroatoms. The predicted octanol–water partition coefficient (Wildman–Crippen LogP) is 3.87. The lowest BCUT2D eigenvalue weighted by Gasteiger charge is -2.09. The highest BCUT2D eigenvalue weighted by atomic mass is 32.1. The number of non-ortho nitro benzene ring substituents is 1. The Morgan fingerprint density at radius 2 is 1.73 bits per heavy atom. The molecule has 0 atom stereocenters. The van der Waals surface area contributed by atoms with Crippen molar-refractivity contribution in [2.24, 2.45) is 0 Å². The first-order valence-corrected chi connectivity index (χ1v) is 8.83. The van der Waals surface area contributed by atoms with Crippen LogP contribution in [0.25, 0.3) is 10.6 Å². The van der Waals surface area contributed by atoms with Gasteiger partial charge < -0.3 is 5.32 Å². The van der Waals surface area contributed by atoms with Crippen molar-refractivity contribution in [1.82, 2.24) is 10.2 Å². The average Bonchev–Trinajstić information content (AvgIpc) is 3.16. The second-order valence-corrected chi connectivity index (χ2v) is 6.68. The summed E-state index contributed by atoms with van der Waals surface area (Å²) in [5.74, 6) is -2.83. The maximum absolute atomic E-state index is 12.3. The number of rotatable bonds is 5. The molecule has 0 aliphatic rings. The van der Waals surface area contributed by atoms with Gasteiger partial charge in [0.25, 0.3) is 11.6 Å². The first-order valence-electron chi connectivity index (χ1n) is 8.01. The first-order chi connectivity index (χ1) is 14.1. The zero-order valence-electron chi connectivity index (χ0n) is 14.6. The number of hydrogen-bond acceptors (Lipinski definition) is 7. The van der Waals surface area contributed by atoms with Crippen LogP contribution in [0.3, 0.4) is 0 Å². The molecule has 0 bridgehead atoms. The van der Waals surface area contributed by atoms with Crippen LogP contribution < -0.4 is 10.6 Å². The van der Waals surface area contributed by atoms with Gasteiger partial charge in [0.1, 0.15) is 5.01 Å². The highest BCUT2D eigenvalue weighted by Gasteiger charge is 2.38. The number of nitro groups is 1. The fourth-order valence-corrected chi connectivity index (χ4v) is 2.97. The molecule has 3 aromatic rings.